The molecule has 2 aliphatic rings. The smallest absolute Gasteiger partial charge is 0.338 e. The number of thioether (sulfide) groups is 1. The molecule has 0 spiro atoms. The molecule has 0 saturated carbocycles. The molecule has 1 fully saturated rings. The van der Waals surface area contributed by atoms with Crippen LogP contribution in [0.5, 0.6) is 0 Å². The van der Waals surface area contributed by atoms with Crippen LogP contribution in [0, 0.1) is 11.7 Å². The van der Waals surface area contributed by atoms with Crippen molar-refractivity contribution in [2.75, 3.05) is 32.8 Å². The summed E-state index contributed by atoms with van der Waals surface area (Å²) in [4.78, 5) is 34.4. The number of primary amides is 1. The number of rotatable bonds is 9. The first kappa shape index (κ1) is 27.2. The molecule has 1 aromatic rings. The number of benzene rings is 1. The molecule has 2 heterocycles. The molecule has 2 aliphatic heterocycles. The zero-order valence-corrected chi connectivity index (χ0v) is 22.5. The summed E-state index contributed by atoms with van der Waals surface area (Å²) in [5.74, 6) is -0.341. The van der Waals surface area contributed by atoms with Gasteiger partial charge in [-0.05, 0) is 35.9 Å². The van der Waals surface area contributed by atoms with Gasteiger partial charge in [-0.25, -0.2) is 9.18 Å². The quantitative estimate of drug-likeness (QED) is 0.448. The number of carbonyl (C=O) groups is 2. The first-order chi connectivity index (χ1) is 16.6. The van der Waals surface area contributed by atoms with Crippen LogP contribution in [0.2, 0.25) is 0 Å². The molecular formula is C25H30BrFN4O3S. The molecule has 10 heteroatoms. The fourth-order valence-corrected chi connectivity index (χ4v) is 5.32. The van der Waals surface area contributed by atoms with Crippen molar-refractivity contribution in [2.24, 2.45) is 16.6 Å². The van der Waals surface area contributed by atoms with Crippen LogP contribution in [0.4, 0.5) is 4.39 Å². The maximum Gasteiger partial charge on any atom is 0.338 e. The Morgan fingerprint density at radius 3 is 2.77 bits per heavy atom. The minimum Gasteiger partial charge on any atom is -0.463 e. The zero-order valence-electron chi connectivity index (χ0n) is 20.1. The highest BCUT2D eigenvalue weighted by Gasteiger charge is 2.40. The number of fused-ring (bicyclic) bond motifs is 1. The zero-order chi connectivity index (χ0) is 25.7. The van der Waals surface area contributed by atoms with Crippen molar-refractivity contribution < 1.29 is 18.7 Å². The number of piperazine rings is 1. The molecule has 0 bridgehead atoms. The number of carbonyl (C=O) groups excluding carboxylic acids is 2. The van der Waals surface area contributed by atoms with E-state index in [2.05, 4.69) is 42.4 Å². The molecule has 1 aromatic carbocycles. The van der Waals surface area contributed by atoms with E-state index in [-0.39, 0.29) is 13.2 Å². The van der Waals surface area contributed by atoms with Crippen LogP contribution in [0.1, 0.15) is 32.4 Å². The van der Waals surface area contributed by atoms with Crippen LogP contribution in [0.25, 0.3) is 0 Å². The predicted molar refractivity (Wildman–Crippen MR) is 141 cm³/mol. The van der Waals surface area contributed by atoms with E-state index < -0.39 is 23.7 Å². The number of allylic oxidation sites excluding steroid dienone is 1. The third kappa shape index (κ3) is 6.62. The summed E-state index contributed by atoms with van der Waals surface area (Å²) in [5, 5.41) is 1.98. The highest BCUT2D eigenvalue weighted by atomic mass is 79.9. The van der Waals surface area contributed by atoms with Gasteiger partial charge in [0, 0.05) is 34.7 Å². The Bertz CT molecular complexity index is 1100. The number of hydrogen-bond acceptors (Lipinski definition) is 7. The number of halogens is 2. The number of aliphatic imine (C=N–C) groups is 1. The van der Waals surface area contributed by atoms with Crippen LogP contribution in [-0.2, 0) is 14.3 Å². The van der Waals surface area contributed by atoms with Crippen LogP contribution < -0.4 is 5.73 Å². The van der Waals surface area contributed by atoms with Gasteiger partial charge in [-0.3, -0.25) is 14.7 Å². The molecule has 1 amide bonds. The van der Waals surface area contributed by atoms with E-state index in [4.69, 9.17) is 15.5 Å². The Kier molecular flexibility index (Phi) is 9.32. The molecule has 3 rings (SSSR count). The van der Waals surface area contributed by atoms with E-state index in [0.717, 1.165) is 0 Å². The second-order valence-corrected chi connectivity index (χ2v) is 10.4. The summed E-state index contributed by atoms with van der Waals surface area (Å²) < 4.78 is 19.8. The van der Waals surface area contributed by atoms with Crippen LogP contribution >= 0.6 is 27.7 Å². The highest BCUT2D eigenvalue weighted by Crippen LogP contribution is 2.41. The minimum atomic E-state index is -0.745. The minimum absolute atomic E-state index is 0.0671. The van der Waals surface area contributed by atoms with Gasteiger partial charge >= 0.3 is 5.97 Å². The monoisotopic (exact) mass is 564 g/mol. The molecule has 0 aromatic heterocycles. The van der Waals surface area contributed by atoms with Crippen molar-refractivity contribution in [1.29, 1.82) is 0 Å². The summed E-state index contributed by atoms with van der Waals surface area (Å²) in [5.41, 5.74) is 7.11. The Morgan fingerprint density at radius 1 is 1.40 bits per heavy atom. The van der Waals surface area contributed by atoms with Gasteiger partial charge < -0.3 is 15.4 Å². The molecule has 7 nitrogen and oxygen atoms in total. The molecular weight excluding hydrogens is 535 g/mol. The lowest BCUT2D eigenvalue weighted by molar-refractivity contribution is -0.139. The average Bonchev–Trinajstić information content (AvgIpc) is 2.77. The number of amidine groups is 1. The third-order valence-corrected chi connectivity index (χ3v) is 6.93. The lowest BCUT2D eigenvalue weighted by Gasteiger charge is -2.43. The first-order valence-electron chi connectivity index (χ1n) is 11.4. The molecule has 35 heavy (non-hydrogen) atoms. The Hall–Kier alpha value is -2.43. The van der Waals surface area contributed by atoms with E-state index in [1.54, 1.807) is 13.0 Å². The van der Waals surface area contributed by atoms with E-state index in [0.29, 0.717) is 57.6 Å². The second-order valence-electron chi connectivity index (χ2n) is 8.54. The standard InChI is InChI=1S/C25H30BrFN4O3S/c1-5-34-25(33)22-20-13-30(14-21(28)32)9-10-31(20)24(16(4)35-11-8-15(2)3)29-23(22)18-7-6-17(27)12-19(18)26/h6-8,11-12,15,23H,4-5,9-10,13-14H2,1-3H3,(H2,28,32)/b11-8-. The van der Waals surface area contributed by atoms with Crippen molar-refractivity contribution >= 4 is 45.4 Å². The highest BCUT2D eigenvalue weighted by molar-refractivity contribution is 9.10. The fourth-order valence-electron chi connectivity index (χ4n) is 3.93. The Balaban J connectivity index is 2.14. The summed E-state index contributed by atoms with van der Waals surface area (Å²) in [6, 6.07) is 3.55. The van der Waals surface area contributed by atoms with Gasteiger partial charge in [-0.15, -0.1) is 0 Å². The Morgan fingerprint density at radius 2 is 2.14 bits per heavy atom. The van der Waals surface area contributed by atoms with E-state index in [9.17, 15) is 14.0 Å². The van der Waals surface area contributed by atoms with Crippen molar-refractivity contribution in [3.63, 3.8) is 0 Å². The SMILES string of the molecule is C=C(S/C=C\C(C)C)C1=NC(c2ccc(F)cc2Br)C(C(=O)OCC)=C2CN(CC(N)=O)CCN12. The van der Waals surface area contributed by atoms with Gasteiger partial charge in [0.15, 0.2) is 0 Å². The molecule has 1 unspecified atom stereocenters. The number of amides is 1. The van der Waals surface area contributed by atoms with Crippen LogP contribution in [-0.4, -0.2) is 60.3 Å². The van der Waals surface area contributed by atoms with E-state index in [1.165, 1.54) is 23.9 Å². The van der Waals surface area contributed by atoms with Gasteiger partial charge in [0.1, 0.15) is 17.7 Å². The maximum atomic E-state index is 13.9. The van der Waals surface area contributed by atoms with E-state index in [1.807, 2.05) is 15.2 Å². The fraction of sp³-hybridized carbons (Fsp3) is 0.400. The number of hydrogen-bond donors (Lipinski definition) is 1. The number of nitrogens with zero attached hydrogens (tertiary/aromatic N) is 3. The molecule has 2 N–H and O–H groups in total. The maximum absolute atomic E-state index is 13.9. The molecule has 0 radical (unpaired) electrons. The number of ether oxygens (including phenoxy) is 1. The van der Waals surface area contributed by atoms with E-state index >= 15 is 0 Å². The van der Waals surface area contributed by atoms with Crippen LogP contribution in [0.15, 0.2) is 61.9 Å². The third-order valence-electron chi connectivity index (χ3n) is 5.49. The van der Waals surface area contributed by atoms with Gasteiger partial charge in [0.05, 0.1) is 18.7 Å². The summed E-state index contributed by atoms with van der Waals surface area (Å²) in [6.45, 7) is 11.8. The van der Waals surface area contributed by atoms with Crippen molar-refractivity contribution in [3.05, 3.63) is 68.3 Å². The topological polar surface area (TPSA) is 88.2 Å². The largest absolute Gasteiger partial charge is 0.463 e. The van der Waals surface area contributed by atoms with Crippen molar-refractivity contribution in [1.82, 2.24) is 9.80 Å². The number of esters is 1. The van der Waals surface area contributed by atoms with Gasteiger partial charge in [-0.1, -0.05) is 60.3 Å². The lowest BCUT2D eigenvalue weighted by Crippen LogP contribution is -2.52. The summed E-state index contributed by atoms with van der Waals surface area (Å²) in [7, 11) is 0. The Labute approximate surface area is 218 Å². The summed E-state index contributed by atoms with van der Waals surface area (Å²) in [6.07, 6.45) is 2.07. The van der Waals surface area contributed by atoms with Crippen LogP contribution in [0.3, 0.4) is 0 Å². The predicted octanol–water partition coefficient (Wildman–Crippen LogP) is 4.38. The second kappa shape index (κ2) is 12.0. The lowest BCUT2D eigenvalue weighted by atomic mass is 9.93. The van der Waals surface area contributed by atoms with Crippen molar-refractivity contribution in [2.45, 2.75) is 26.8 Å². The van der Waals surface area contributed by atoms with Gasteiger partial charge in [0.25, 0.3) is 0 Å². The molecule has 188 valence electrons. The first-order valence-corrected chi connectivity index (χ1v) is 13.0. The van der Waals surface area contributed by atoms with Gasteiger partial charge in [0.2, 0.25) is 5.91 Å². The molecule has 1 saturated heterocycles. The summed E-state index contributed by atoms with van der Waals surface area (Å²) >= 11 is 4.89. The van der Waals surface area contributed by atoms with Crippen molar-refractivity contribution in [3.8, 4) is 0 Å². The van der Waals surface area contributed by atoms with Gasteiger partial charge in [-0.2, -0.15) is 0 Å². The normalized spacial score (nSPS) is 18.6. The molecule has 0 aliphatic carbocycles. The number of nitrogens with two attached hydrogens (primary N) is 1. The molecule has 1 atom stereocenters. The average molecular weight is 566 g/mol.